The van der Waals surface area contributed by atoms with Crippen LogP contribution in [0.4, 0.5) is 0 Å². The second-order valence-corrected chi connectivity index (χ2v) is 9.77. The molecule has 0 saturated carbocycles. The van der Waals surface area contributed by atoms with Crippen LogP contribution in [0, 0.1) is 0 Å². The predicted molar refractivity (Wildman–Crippen MR) is 154 cm³/mol. The van der Waals surface area contributed by atoms with Crippen LogP contribution in [0.5, 0.6) is 11.5 Å². The summed E-state index contributed by atoms with van der Waals surface area (Å²) >= 11 is 0. The maximum absolute atomic E-state index is 5.71. The minimum atomic E-state index is 0.406. The number of rotatable bonds is 16. The topological polar surface area (TPSA) is 18.5 Å². The molecule has 36 heavy (non-hydrogen) atoms. The minimum Gasteiger partial charge on any atom is -0.494 e. The average molecular weight is 487 g/mol. The van der Waals surface area contributed by atoms with Crippen LogP contribution in [0.2, 0.25) is 0 Å². The predicted octanol–water partition coefficient (Wildman–Crippen LogP) is 9.91. The van der Waals surface area contributed by atoms with Crippen molar-refractivity contribution in [1.82, 2.24) is 0 Å². The van der Waals surface area contributed by atoms with Crippen LogP contribution in [-0.2, 0) is 0 Å². The Labute approximate surface area is 220 Å². The zero-order chi connectivity index (χ0) is 25.6. The zero-order valence-corrected chi connectivity index (χ0v) is 23.0. The van der Waals surface area contributed by atoms with Crippen LogP contribution >= 0.6 is 0 Å². The van der Waals surface area contributed by atoms with Gasteiger partial charge in [-0.25, -0.2) is 0 Å². The fraction of sp³-hybridized carbons (Fsp3) is 0.471. The molecule has 2 nitrogen and oxygen atoms in total. The molecule has 0 aliphatic heterocycles. The number of ether oxygens (including phenoxy) is 2. The highest BCUT2D eigenvalue weighted by Gasteiger charge is 2.19. The van der Waals surface area contributed by atoms with E-state index in [0.29, 0.717) is 25.0 Å². The highest BCUT2D eigenvalue weighted by atomic mass is 16.5. The van der Waals surface area contributed by atoms with Crippen LogP contribution in [0.1, 0.15) is 113 Å². The largest absolute Gasteiger partial charge is 0.494 e. The molecule has 194 valence electrons. The van der Waals surface area contributed by atoms with E-state index in [2.05, 4.69) is 86.6 Å². The van der Waals surface area contributed by atoms with Crippen molar-refractivity contribution < 1.29 is 9.47 Å². The molecular weight excluding hydrogens is 440 g/mol. The molecule has 0 aromatic heterocycles. The van der Waals surface area contributed by atoms with Crippen LogP contribution in [-0.4, -0.2) is 13.2 Å². The van der Waals surface area contributed by atoms with E-state index >= 15 is 0 Å². The van der Waals surface area contributed by atoms with Gasteiger partial charge >= 0.3 is 0 Å². The van der Waals surface area contributed by atoms with Gasteiger partial charge in [0.05, 0.1) is 13.2 Å². The van der Waals surface area contributed by atoms with Gasteiger partial charge in [0.15, 0.2) is 0 Å². The molecule has 0 aliphatic rings. The van der Waals surface area contributed by atoms with Gasteiger partial charge in [0.2, 0.25) is 0 Å². The smallest absolute Gasteiger partial charge is 0.119 e. The van der Waals surface area contributed by atoms with Gasteiger partial charge in [0.1, 0.15) is 11.5 Å². The number of unbranched alkanes of at least 4 members (excludes halogenated alkanes) is 4. The van der Waals surface area contributed by atoms with E-state index in [1.807, 2.05) is 13.8 Å². The van der Waals surface area contributed by atoms with E-state index in [4.69, 9.17) is 9.47 Å². The molecule has 3 aromatic carbocycles. The van der Waals surface area contributed by atoms with Crippen molar-refractivity contribution >= 4 is 0 Å². The number of benzene rings is 3. The summed E-state index contributed by atoms with van der Waals surface area (Å²) in [6.45, 7) is 10.0. The van der Waals surface area contributed by atoms with E-state index in [9.17, 15) is 0 Å². The summed E-state index contributed by atoms with van der Waals surface area (Å²) in [5.74, 6) is 2.72. The summed E-state index contributed by atoms with van der Waals surface area (Å²) in [7, 11) is 0. The van der Waals surface area contributed by atoms with Crippen LogP contribution in [0.15, 0.2) is 72.8 Å². The first-order valence-electron chi connectivity index (χ1n) is 14.2. The van der Waals surface area contributed by atoms with E-state index in [1.54, 1.807) is 0 Å². The summed E-state index contributed by atoms with van der Waals surface area (Å²) in [5.41, 5.74) is 5.63. The summed E-state index contributed by atoms with van der Waals surface area (Å²) in [6.07, 6.45) is 9.89. The molecule has 3 rings (SSSR count). The lowest BCUT2D eigenvalue weighted by Crippen LogP contribution is -2.06. The maximum atomic E-state index is 5.71. The number of hydrogen-bond donors (Lipinski definition) is 0. The Kier molecular flexibility index (Phi) is 11.9. The molecule has 0 heterocycles. The second-order valence-electron chi connectivity index (χ2n) is 9.77. The fourth-order valence-corrected chi connectivity index (χ4v) is 5.17. The van der Waals surface area contributed by atoms with E-state index in [1.165, 1.54) is 73.6 Å². The molecule has 3 aromatic rings. The Balaban J connectivity index is 1.93. The summed E-state index contributed by atoms with van der Waals surface area (Å²) < 4.78 is 11.4. The molecule has 2 unspecified atom stereocenters. The van der Waals surface area contributed by atoms with Crippen molar-refractivity contribution in [3.05, 3.63) is 95.1 Å². The molecule has 2 heteroatoms. The first-order chi connectivity index (χ1) is 17.7. The fourth-order valence-electron chi connectivity index (χ4n) is 5.17. The maximum Gasteiger partial charge on any atom is 0.119 e. The quantitative estimate of drug-likeness (QED) is 0.188. The van der Waals surface area contributed by atoms with Gasteiger partial charge in [0, 0.05) is 11.8 Å². The van der Waals surface area contributed by atoms with E-state index < -0.39 is 0 Å². The molecule has 0 bridgehead atoms. The highest BCUT2D eigenvalue weighted by Crippen LogP contribution is 2.36. The average Bonchev–Trinajstić information content (AvgIpc) is 2.91. The third-order valence-electron chi connectivity index (χ3n) is 7.10. The van der Waals surface area contributed by atoms with Gasteiger partial charge in [-0.05, 0) is 73.2 Å². The Hall–Kier alpha value is -2.74. The van der Waals surface area contributed by atoms with Gasteiger partial charge in [-0.15, -0.1) is 0 Å². The Morgan fingerprint density at radius 3 is 1.28 bits per heavy atom. The Morgan fingerprint density at radius 2 is 0.917 bits per heavy atom. The van der Waals surface area contributed by atoms with Gasteiger partial charge in [-0.1, -0.05) is 101 Å². The van der Waals surface area contributed by atoms with Crippen LogP contribution in [0.25, 0.3) is 0 Å². The van der Waals surface area contributed by atoms with Crippen LogP contribution in [0.3, 0.4) is 0 Å². The van der Waals surface area contributed by atoms with Gasteiger partial charge in [-0.2, -0.15) is 0 Å². The lowest BCUT2D eigenvalue weighted by Gasteiger charge is -2.23. The third-order valence-corrected chi connectivity index (χ3v) is 7.10. The second kappa shape index (κ2) is 15.4. The molecule has 0 N–H and O–H groups in total. The van der Waals surface area contributed by atoms with Crippen molar-refractivity contribution in [1.29, 1.82) is 0 Å². The molecule has 2 atom stereocenters. The SMILES string of the molecule is CCCCCC(c1ccc(OCC)cc1)c1cccc(C(CCCCC)c2ccc(OCC)cc2)c1. The lowest BCUT2D eigenvalue weighted by molar-refractivity contribution is 0.340. The molecule has 0 saturated heterocycles. The van der Waals surface area contributed by atoms with Crippen molar-refractivity contribution in [3.63, 3.8) is 0 Å². The Bertz CT molecular complexity index is 912. The number of hydrogen-bond acceptors (Lipinski definition) is 2. The first kappa shape index (κ1) is 27.8. The highest BCUT2D eigenvalue weighted by molar-refractivity contribution is 5.41. The van der Waals surface area contributed by atoms with Gasteiger partial charge in [0.25, 0.3) is 0 Å². The standard InChI is InChI=1S/C34H46O2/c1-5-9-11-16-33(27-18-22-31(23-19-27)35-7-3)29-14-13-15-30(26-29)34(17-12-10-6-2)28-20-24-32(25-21-28)36-8-4/h13-15,18-26,33-34H,5-12,16-17H2,1-4H3. The van der Waals surface area contributed by atoms with Crippen molar-refractivity contribution in [2.24, 2.45) is 0 Å². The van der Waals surface area contributed by atoms with Crippen LogP contribution < -0.4 is 9.47 Å². The summed E-state index contributed by atoms with van der Waals surface area (Å²) in [4.78, 5) is 0. The normalized spacial score (nSPS) is 12.8. The van der Waals surface area contributed by atoms with Crippen molar-refractivity contribution in [2.75, 3.05) is 13.2 Å². The van der Waals surface area contributed by atoms with Gasteiger partial charge in [-0.3, -0.25) is 0 Å². The van der Waals surface area contributed by atoms with Crippen molar-refractivity contribution in [3.8, 4) is 11.5 Å². The summed E-state index contributed by atoms with van der Waals surface area (Å²) in [5, 5.41) is 0. The Morgan fingerprint density at radius 1 is 0.500 bits per heavy atom. The zero-order valence-electron chi connectivity index (χ0n) is 23.0. The minimum absolute atomic E-state index is 0.406. The third kappa shape index (κ3) is 8.15. The van der Waals surface area contributed by atoms with Crippen molar-refractivity contribution in [2.45, 2.75) is 90.9 Å². The molecule has 0 amide bonds. The monoisotopic (exact) mass is 486 g/mol. The van der Waals surface area contributed by atoms with E-state index in [-0.39, 0.29) is 0 Å². The lowest BCUT2D eigenvalue weighted by atomic mass is 9.82. The molecule has 0 aliphatic carbocycles. The molecular formula is C34H46O2. The van der Waals surface area contributed by atoms with Gasteiger partial charge < -0.3 is 9.47 Å². The van der Waals surface area contributed by atoms with E-state index in [0.717, 1.165) is 11.5 Å². The first-order valence-corrected chi connectivity index (χ1v) is 14.2. The molecule has 0 radical (unpaired) electrons. The molecule has 0 spiro atoms. The summed E-state index contributed by atoms with van der Waals surface area (Å²) in [6, 6.07) is 27.0. The molecule has 0 fully saturated rings.